The molecule has 1 fully saturated rings. The molecule has 0 amide bonds. The summed E-state index contributed by atoms with van der Waals surface area (Å²) < 4.78 is 0. The number of rotatable bonds is 4. The van der Waals surface area contributed by atoms with E-state index in [-0.39, 0.29) is 5.69 Å². The van der Waals surface area contributed by atoms with Crippen LogP contribution in [0.25, 0.3) is 0 Å². The molecule has 0 atom stereocenters. The molecular formula is C15H18N6O2S. The molecular weight excluding hydrogens is 328 g/mol. The molecule has 126 valence electrons. The molecule has 2 aromatic rings. The Morgan fingerprint density at radius 1 is 1.38 bits per heavy atom. The van der Waals surface area contributed by atoms with Crippen LogP contribution in [0.4, 0.5) is 10.8 Å². The number of nitro groups is 1. The van der Waals surface area contributed by atoms with Crippen LogP contribution in [-0.2, 0) is 6.54 Å². The normalized spacial score (nSPS) is 15.6. The minimum absolute atomic E-state index is 0.0679. The Balaban J connectivity index is 1.57. The highest BCUT2D eigenvalue weighted by atomic mass is 32.1. The van der Waals surface area contributed by atoms with Crippen molar-refractivity contribution in [1.82, 2.24) is 9.88 Å². The number of anilines is 1. The number of benzene rings is 1. The van der Waals surface area contributed by atoms with Gasteiger partial charge in [-0.05, 0) is 5.56 Å². The predicted molar refractivity (Wildman–Crippen MR) is 94.3 cm³/mol. The first-order valence-corrected chi connectivity index (χ1v) is 8.44. The number of thiazole rings is 1. The summed E-state index contributed by atoms with van der Waals surface area (Å²) in [5.41, 5.74) is 6.91. The molecule has 24 heavy (non-hydrogen) atoms. The maximum Gasteiger partial charge on any atom is 0.269 e. The van der Waals surface area contributed by atoms with Crippen LogP contribution in [0.2, 0.25) is 0 Å². The fourth-order valence-corrected chi connectivity index (χ4v) is 3.24. The fourth-order valence-electron chi connectivity index (χ4n) is 2.54. The van der Waals surface area contributed by atoms with Gasteiger partial charge in [0, 0.05) is 49.9 Å². The van der Waals surface area contributed by atoms with Gasteiger partial charge in [0.05, 0.1) is 11.5 Å². The average molecular weight is 346 g/mol. The highest BCUT2D eigenvalue weighted by Gasteiger charge is 2.19. The number of hydrogen-bond acceptors (Lipinski definition) is 6. The van der Waals surface area contributed by atoms with Crippen molar-refractivity contribution in [3.05, 3.63) is 51.5 Å². The standard InChI is InChI=1S/C15H18N6O2S/c16-14(18-11-12-2-1-3-13(10-12)21(22)23)19-5-7-20(8-6-19)15-17-4-9-24-15/h1-4,9-10H,5-8,11H2,(H2,16,18). The van der Waals surface area contributed by atoms with E-state index < -0.39 is 4.92 Å². The number of nitro benzene ring substituents is 1. The summed E-state index contributed by atoms with van der Waals surface area (Å²) in [6.07, 6.45) is 1.81. The lowest BCUT2D eigenvalue weighted by Crippen LogP contribution is -2.51. The van der Waals surface area contributed by atoms with Gasteiger partial charge in [0.2, 0.25) is 0 Å². The van der Waals surface area contributed by atoms with Gasteiger partial charge in [-0.2, -0.15) is 0 Å². The number of aliphatic imine (C=N–C) groups is 1. The summed E-state index contributed by atoms with van der Waals surface area (Å²) in [6.45, 7) is 3.59. The average Bonchev–Trinajstić information content (AvgIpc) is 3.14. The summed E-state index contributed by atoms with van der Waals surface area (Å²) in [7, 11) is 0. The van der Waals surface area contributed by atoms with Crippen molar-refractivity contribution < 1.29 is 4.92 Å². The van der Waals surface area contributed by atoms with Crippen molar-refractivity contribution >= 4 is 28.1 Å². The minimum Gasteiger partial charge on any atom is -0.370 e. The van der Waals surface area contributed by atoms with Gasteiger partial charge in [-0.25, -0.2) is 9.98 Å². The quantitative estimate of drug-likeness (QED) is 0.391. The SMILES string of the molecule is NC(=NCc1cccc([N+](=O)[O-])c1)N1CCN(c2nccs2)CC1. The molecule has 2 N–H and O–H groups in total. The van der Waals surface area contributed by atoms with Crippen LogP contribution in [0.3, 0.4) is 0 Å². The van der Waals surface area contributed by atoms with Crippen LogP contribution in [0.5, 0.6) is 0 Å². The monoisotopic (exact) mass is 346 g/mol. The third-order valence-corrected chi connectivity index (χ3v) is 4.67. The van der Waals surface area contributed by atoms with Crippen molar-refractivity contribution in [3.8, 4) is 0 Å². The smallest absolute Gasteiger partial charge is 0.269 e. The van der Waals surface area contributed by atoms with Gasteiger partial charge in [0.25, 0.3) is 5.69 Å². The second kappa shape index (κ2) is 7.26. The Bertz CT molecular complexity index is 725. The molecule has 0 bridgehead atoms. The Kier molecular flexibility index (Phi) is 4.90. The maximum absolute atomic E-state index is 10.8. The summed E-state index contributed by atoms with van der Waals surface area (Å²) in [6, 6.07) is 6.46. The summed E-state index contributed by atoms with van der Waals surface area (Å²) in [4.78, 5) is 23.3. The summed E-state index contributed by atoms with van der Waals surface area (Å²) >= 11 is 1.63. The molecule has 8 nitrogen and oxygen atoms in total. The zero-order chi connectivity index (χ0) is 16.9. The predicted octanol–water partition coefficient (Wildman–Crippen LogP) is 1.69. The van der Waals surface area contributed by atoms with Crippen molar-refractivity contribution in [1.29, 1.82) is 0 Å². The van der Waals surface area contributed by atoms with Crippen molar-refractivity contribution in [3.63, 3.8) is 0 Å². The van der Waals surface area contributed by atoms with E-state index in [1.54, 1.807) is 23.6 Å². The molecule has 0 radical (unpaired) electrons. The second-order valence-corrected chi connectivity index (χ2v) is 6.26. The molecule has 1 aliphatic heterocycles. The van der Waals surface area contributed by atoms with Crippen LogP contribution in [0, 0.1) is 10.1 Å². The van der Waals surface area contributed by atoms with Gasteiger partial charge in [-0.15, -0.1) is 11.3 Å². The second-order valence-electron chi connectivity index (χ2n) is 5.39. The van der Waals surface area contributed by atoms with E-state index in [2.05, 4.69) is 14.9 Å². The largest absolute Gasteiger partial charge is 0.370 e. The molecule has 0 aliphatic carbocycles. The number of hydrogen-bond donors (Lipinski definition) is 1. The molecule has 0 spiro atoms. The minimum atomic E-state index is -0.408. The Morgan fingerprint density at radius 2 is 2.17 bits per heavy atom. The lowest BCUT2D eigenvalue weighted by atomic mass is 10.2. The van der Waals surface area contributed by atoms with Crippen molar-refractivity contribution in [2.45, 2.75) is 6.54 Å². The van der Waals surface area contributed by atoms with Gasteiger partial charge in [-0.3, -0.25) is 10.1 Å². The first kappa shape index (κ1) is 16.2. The van der Waals surface area contributed by atoms with Gasteiger partial charge in [-0.1, -0.05) is 12.1 Å². The van der Waals surface area contributed by atoms with Gasteiger partial charge in [0.1, 0.15) is 0 Å². The van der Waals surface area contributed by atoms with Crippen LogP contribution >= 0.6 is 11.3 Å². The van der Waals surface area contributed by atoms with Crippen LogP contribution in [-0.4, -0.2) is 46.9 Å². The fraction of sp³-hybridized carbons (Fsp3) is 0.333. The molecule has 1 saturated heterocycles. The van der Waals surface area contributed by atoms with E-state index in [1.165, 1.54) is 12.1 Å². The van der Waals surface area contributed by atoms with E-state index >= 15 is 0 Å². The number of piperazine rings is 1. The van der Waals surface area contributed by atoms with Crippen molar-refractivity contribution in [2.24, 2.45) is 10.7 Å². The molecule has 0 saturated carbocycles. The molecule has 1 aromatic carbocycles. The Hall–Kier alpha value is -2.68. The lowest BCUT2D eigenvalue weighted by Gasteiger charge is -2.35. The maximum atomic E-state index is 10.8. The number of non-ortho nitro benzene ring substituents is 1. The Labute approximate surface area is 143 Å². The highest BCUT2D eigenvalue weighted by Crippen LogP contribution is 2.19. The summed E-state index contributed by atoms with van der Waals surface area (Å²) in [5.74, 6) is 0.472. The zero-order valence-electron chi connectivity index (χ0n) is 13.0. The van der Waals surface area contributed by atoms with Crippen LogP contribution in [0.15, 0.2) is 40.8 Å². The third-order valence-electron chi connectivity index (χ3n) is 3.84. The molecule has 9 heteroatoms. The van der Waals surface area contributed by atoms with E-state index in [0.717, 1.165) is 36.9 Å². The van der Waals surface area contributed by atoms with Gasteiger partial charge in [0.15, 0.2) is 11.1 Å². The molecule has 1 aliphatic rings. The van der Waals surface area contributed by atoms with Crippen LogP contribution in [0.1, 0.15) is 5.56 Å². The first-order chi connectivity index (χ1) is 11.6. The number of guanidine groups is 1. The number of aromatic nitrogens is 1. The molecule has 1 aromatic heterocycles. The highest BCUT2D eigenvalue weighted by molar-refractivity contribution is 7.13. The number of nitrogens with two attached hydrogens (primary N) is 1. The zero-order valence-corrected chi connectivity index (χ0v) is 13.9. The first-order valence-electron chi connectivity index (χ1n) is 7.56. The van der Waals surface area contributed by atoms with E-state index in [0.29, 0.717) is 12.5 Å². The third kappa shape index (κ3) is 3.80. The van der Waals surface area contributed by atoms with E-state index in [1.807, 2.05) is 16.3 Å². The summed E-state index contributed by atoms with van der Waals surface area (Å²) in [5, 5.41) is 13.8. The Morgan fingerprint density at radius 3 is 2.83 bits per heavy atom. The van der Waals surface area contributed by atoms with Gasteiger partial charge >= 0.3 is 0 Å². The van der Waals surface area contributed by atoms with Crippen molar-refractivity contribution in [2.75, 3.05) is 31.1 Å². The lowest BCUT2D eigenvalue weighted by molar-refractivity contribution is -0.384. The van der Waals surface area contributed by atoms with Gasteiger partial charge < -0.3 is 15.5 Å². The number of nitrogens with zero attached hydrogens (tertiary/aromatic N) is 5. The molecule has 3 rings (SSSR count). The molecule has 2 heterocycles. The molecule has 0 unspecified atom stereocenters. The topological polar surface area (TPSA) is 101 Å². The van der Waals surface area contributed by atoms with Crippen LogP contribution < -0.4 is 10.6 Å². The van der Waals surface area contributed by atoms with E-state index in [4.69, 9.17) is 5.73 Å². The van der Waals surface area contributed by atoms with E-state index in [9.17, 15) is 10.1 Å².